The molecule has 16 heavy (non-hydrogen) atoms. The van der Waals surface area contributed by atoms with Crippen LogP contribution in [0.5, 0.6) is 0 Å². The normalized spacial score (nSPS) is 12.2. The molecule has 0 fully saturated rings. The molecular formula is C12H19N3O. The molecule has 1 aromatic rings. The second kappa shape index (κ2) is 6.23. The maximum absolute atomic E-state index is 11.8. The Labute approximate surface area is 96.5 Å². The highest BCUT2D eigenvalue weighted by atomic mass is 16.2. The van der Waals surface area contributed by atoms with Crippen molar-refractivity contribution in [2.45, 2.75) is 19.9 Å². The van der Waals surface area contributed by atoms with E-state index in [9.17, 15) is 4.79 Å². The van der Waals surface area contributed by atoms with Crippen LogP contribution in [0.3, 0.4) is 0 Å². The standard InChI is InChI=1S/C12H19N3O/c1-10(8-13)7-12(16)15(2)9-11-3-5-14-6-4-11/h3-6,10H,7-9,13H2,1-2H3. The van der Waals surface area contributed by atoms with Gasteiger partial charge in [0.25, 0.3) is 0 Å². The number of rotatable bonds is 5. The van der Waals surface area contributed by atoms with Gasteiger partial charge in [0.15, 0.2) is 0 Å². The van der Waals surface area contributed by atoms with Crippen LogP contribution in [-0.2, 0) is 11.3 Å². The largest absolute Gasteiger partial charge is 0.341 e. The van der Waals surface area contributed by atoms with Crippen molar-refractivity contribution in [3.05, 3.63) is 30.1 Å². The molecule has 2 N–H and O–H groups in total. The predicted octanol–water partition coefficient (Wildman–Crippen LogP) is 1.02. The highest BCUT2D eigenvalue weighted by Crippen LogP contribution is 2.06. The van der Waals surface area contributed by atoms with Crippen molar-refractivity contribution in [1.29, 1.82) is 0 Å². The van der Waals surface area contributed by atoms with Crippen molar-refractivity contribution in [2.24, 2.45) is 11.7 Å². The summed E-state index contributed by atoms with van der Waals surface area (Å²) in [6.45, 7) is 3.16. The van der Waals surface area contributed by atoms with Crippen LogP contribution in [0.1, 0.15) is 18.9 Å². The number of hydrogen-bond donors (Lipinski definition) is 1. The Morgan fingerprint density at radius 1 is 1.50 bits per heavy atom. The lowest BCUT2D eigenvalue weighted by molar-refractivity contribution is -0.131. The van der Waals surface area contributed by atoms with E-state index in [1.54, 1.807) is 17.3 Å². The third-order valence-electron chi connectivity index (χ3n) is 2.52. The molecule has 4 nitrogen and oxygen atoms in total. The van der Waals surface area contributed by atoms with Gasteiger partial charge in [0.1, 0.15) is 0 Å². The number of hydrogen-bond acceptors (Lipinski definition) is 3. The minimum atomic E-state index is 0.134. The Morgan fingerprint density at radius 2 is 2.12 bits per heavy atom. The van der Waals surface area contributed by atoms with E-state index in [1.807, 2.05) is 26.1 Å². The van der Waals surface area contributed by atoms with Crippen LogP contribution in [0.2, 0.25) is 0 Å². The smallest absolute Gasteiger partial charge is 0.222 e. The molecule has 0 spiro atoms. The molecule has 0 bridgehead atoms. The molecule has 4 heteroatoms. The van der Waals surface area contributed by atoms with Gasteiger partial charge < -0.3 is 10.6 Å². The minimum Gasteiger partial charge on any atom is -0.341 e. The molecule has 1 amide bonds. The van der Waals surface area contributed by atoms with Crippen LogP contribution in [0, 0.1) is 5.92 Å². The first-order valence-corrected chi connectivity index (χ1v) is 5.46. The number of carbonyl (C=O) groups is 1. The van der Waals surface area contributed by atoms with Crippen LogP contribution in [0.4, 0.5) is 0 Å². The summed E-state index contributed by atoms with van der Waals surface area (Å²) in [5, 5.41) is 0. The van der Waals surface area contributed by atoms with E-state index in [0.29, 0.717) is 19.5 Å². The fourth-order valence-corrected chi connectivity index (χ4v) is 1.39. The number of nitrogens with zero attached hydrogens (tertiary/aromatic N) is 2. The van der Waals surface area contributed by atoms with Gasteiger partial charge in [-0.15, -0.1) is 0 Å². The van der Waals surface area contributed by atoms with Crippen LogP contribution >= 0.6 is 0 Å². The summed E-state index contributed by atoms with van der Waals surface area (Å²) in [4.78, 5) is 17.4. The van der Waals surface area contributed by atoms with E-state index in [2.05, 4.69) is 4.98 Å². The fourth-order valence-electron chi connectivity index (χ4n) is 1.39. The van der Waals surface area contributed by atoms with Crippen molar-refractivity contribution >= 4 is 5.91 Å². The van der Waals surface area contributed by atoms with Gasteiger partial charge in [-0.05, 0) is 30.2 Å². The molecule has 88 valence electrons. The number of carbonyl (C=O) groups excluding carboxylic acids is 1. The molecule has 0 aliphatic heterocycles. The number of aromatic nitrogens is 1. The molecule has 0 aliphatic rings. The topological polar surface area (TPSA) is 59.2 Å². The molecule has 0 saturated carbocycles. The van der Waals surface area contributed by atoms with Gasteiger partial charge in [-0.3, -0.25) is 9.78 Å². The average molecular weight is 221 g/mol. The van der Waals surface area contributed by atoms with E-state index in [0.717, 1.165) is 5.56 Å². The SMILES string of the molecule is CC(CN)CC(=O)N(C)Cc1ccncc1. The van der Waals surface area contributed by atoms with Gasteiger partial charge in [0, 0.05) is 32.4 Å². The summed E-state index contributed by atoms with van der Waals surface area (Å²) in [5.41, 5.74) is 6.58. The Morgan fingerprint density at radius 3 is 2.69 bits per heavy atom. The summed E-state index contributed by atoms with van der Waals surface area (Å²) >= 11 is 0. The van der Waals surface area contributed by atoms with Gasteiger partial charge in [0.2, 0.25) is 5.91 Å². The molecule has 1 unspecified atom stereocenters. The predicted molar refractivity (Wildman–Crippen MR) is 63.5 cm³/mol. The fraction of sp³-hybridized carbons (Fsp3) is 0.500. The number of nitrogens with two attached hydrogens (primary N) is 1. The van der Waals surface area contributed by atoms with E-state index in [1.165, 1.54) is 0 Å². The van der Waals surface area contributed by atoms with Gasteiger partial charge in [0.05, 0.1) is 0 Å². The zero-order valence-electron chi connectivity index (χ0n) is 9.89. The quantitative estimate of drug-likeness (QED) is 0.807. The van der Waals surface area contributed by atoms with Gasteiger partial charge in [-0.25, -0.2) is 0 Å². The van der Waals surface area contributed by atoms with E-state index < -0.39 is 0 Å². The molecule has 0 saturated heterocycles. The average Bonchev–Trinajstić information content (AvgIpc) is 2.30. The lowest BCUT2D eigenvalue weighted by Crippen LogP contribution is -2.29. The Kier molecular flexibility index (Phi) is 4.92. The monoisotopic (exact) mass is 221 g/mol. The number of amides is 1. The first kappa shape index (κ1) is 12.6. The third kappa shape index (κ3) is 3.98. The zero-order chi connectivity index (χ0) is 12.0. The molecule has 1 aromatic heterocycles. The molecule has 1 atom stereocenters. The summed E-state index contributed by atoms with van der Waals surface area (Å²) in [5.74, 6) is 0.377. The molecule has 0 aliphatic carbocycles. The van der Waals surface area contributed by atoms with E-state index in [-0.39, 0.29) is 11.8 Å². The van der Waals surface area contributed by atoms with E-state index in [4.69, 9.17) is 5.73 Å². The third-order valence-corrected chi connectivity index (χ3v) is 2.52. The van der Waals surface area contributed by atoms with Crippen molar-refractivity contribution in [3.63, 3.8) is 0 Å². The van der Waals surface area contributed by atoms with Crippen LogP contribution in [-0.4, -0.2) is 29.4 Å². The maximum Gasteiger partial charge on any atom is 0.222 e. The van der Waals surface area contributed by atoms with Gasteiger partial charge in [-0.1, -0.05) is 6.92 Å². The van der Waals surface area contributed by atoms with Crippen molar-refractivity contribution in [1.82, 2.24) is 9.88 Å². The van der Waals surface area contributed by atoms with Crippen LogP contribution in [0.15, 0.2) is 24.5 Å². The maximum atomic E-state index is 11.8. The molecular weight excluding hydrogens is 202 g/mol. The summed E-state index contributed by atoms with van der Waals surface area (Å²) < 4.78 is 0. The Bertz CT molecular complexity index is 326. The molecule has 0 aromatic carbocycles. The van der Waals surface area contributed by atoms with Gasteiger partial charge in [-0.2, -0.15) is 0 Å². The van der Waals surface area contributed by atoms with Gasteiger partial charge >= 0.3 is 0 Å². The second-order valence-corrected chi connectivity index (χ2v) is 4.15. The highest BCUT2D eigenvalue weighted by molar-refractivity contribution is 5.76. The first-order valence-electron chi connectivity index (χ1n) is 5.46. The lowest BCUT2D eigenvalue weighted by atomic mass is 10.1. The minimum absolute atomic E-state index is 0.134. The Balaban J connectivity index is 2.46. The van der Waals surface area contributed by atoms with Crippen molar-refractivity contribution in [3.8, 4) is 0 Å². The van der Waals surface area contributed by atoms with Crippen molar-refractivity contribution in [2.75, 3.05) is 13.6 Å². The van der Waals surface area contributed by atoms with Crippen LogP contribution in [0.25, 0.3) is 0 Å². The Hall–Kier alpha value is -1.42. The lowest BCUT2D eigenvalue weighted by Gasteiger charge is -2.19. The second-order valence-electron chi connectivity index (χ2n) is 4.15. The molecule has 0 radical (unpaired) electrons. The highest BCUT2D eigenvalue weighted by Gasteiger charge is 2.12. The van der Waals surface area contributed by atoms with Crippen molar-refractivity contribution < 1.29 is 4.79 Å². The molecule has 1 rings (SSSR count). The van der Waals surface area contributed by atoms with E-state index >= 15 is 0 Å². The summed E-state index contributed by atoms with van der Waals surface area (Å²) in [6, 6.07) is 3.83. The summed E-state index contributed by atoms with van der Waals surface area (Å²) in [7, 11) is 1.81. The summed E-state index contributed by atoms with van der Waals surface area (Å²) in [6.07, 6.45) is 3.98. The number of pyridine rings is 1. The first-order chi connectivity index (χ1) is 7.63. The zero-order valence-corrected chi connectivity index (χ0v) is 9.89. The van der Waals surface area contributed by atoms with Crippen LogP contribution < -0.4 is 5.73 Å². The molecule has 1 heterocycles.